The number of aromatic carboxylic acids is 1. The molecular formula is C19H27FN2O8. The number of hydrogen-bond acceptors (Lipinski definition) is 8. The Morgan fingerprint density at radius 2 is 1.77 bits per heavy atom. The fourth-order valence-electron chi connectivity index (χ4n) is 3.12. The Kier molecular flexibility index (Phi) is 8.65. The molecule has 0 saturated carbocycles. The Morgan fingerprint density at radius 1 is 1.13 bits per heavy atom. The number of carboxylic acid groups (broad SMARTS) is 1. The molecule has 30 heavy (non-hydrogen) atoms. The summed E-state index contributed by atoms with van der Waals surface area (Å²) in [6, 6.07) is 3.40. The maximum atomic E-state index is 13.9. The second kappa shape index (κ2) is 10.8. The molecule has 4 unspecified atom stereocenters. The van der Waals surface area contributed by atoms with Crippen LogP contribution in [0.5, 0.6) is 0 Å². The normalized spacial score (nSPS) is 18.4. The van der Waals surface area contributed by atoms with E-state index >= 15 is 0 Å². The van der Waals surface area contributed by atoms with E-state index in [4.69, 9.17) is 10.2 Å². The van der Waals surface area contributed by atoms with E-state index in [-0.39, 0.29) is 35.9 Å². The maximum absolute atomic E-state index is 13.9. The minimum absolute atomic E-state index is 0.0675. The fourth-order valence-corrected chi connectivity index (χ4v) is 3.12. The van der Waals surface area contributed by atoms with Crippen molar-refractivity contribution in [1.82, 2.24) is 10.2 Å². The van der Waals surface area contributed by atoms with Crippen LogP contribution in [0.25, 0.3) is 0 Å². The first-order valence-electron chi connectivity index (χ1n) is 9.47. The number of halogens is 1. The summed E-state index contributed by atoms with van der Waals surface area (Å²) in [5, 5.41) is 58.8. The standard InChI is InChI=1S/C19H27FN2O8/c20-13-3-12(19(29)30)2-1-11(13)4-16(26)22-7-10(8-22)5-21-6-14(24)17(27)18(28)15(25)9-23/h1-3,10,14-15,17-18,21,23-25,27-28H,4-9H2,(H,29,30). The lowest BCUT2D eigenvalue weighted by Gasteiger charge is -2.39. The molecule has 1 saturated heterocycles. The van der Waals surface area contributed by atoms with Crippen LogP contribution in [-0.2, 0) is 11.2 Å². The molecule has 2 rings (SSSR count). The van der Waals surface area contributed by atoms with Crippen molar-refractivity contribution in [2.24, 2.45) is 5.92 Å². The molecule has 1 aromatic rings. The van der Waals surface area contributed by atoms with E-state index in [1.807, 2.05) is 0 Å². The van der Waals surface area contributed by atoms with Crippen molar-refractivity contribution in [2.45, 2.75) is 30.8 Å². The van der Waals surface area contributed by atoms with E-state index in [2.05, 4.69) is 5.32 Å². The van der Waals surface area contributed by atoms with Crippen molar-refractivity contribution >= 4 is 11.9 Å². The second-order valence-electron chi connectivity index (χ2n) is 7.41. The molecule has 0 aliphatic carbocycles. The third-order valence-corrected chi connectivity index (χ3v) is 5.06. The summed E-state index contributed by atoms with van der Waals surface area (Å²) in [4.78, 5) is 24.6. The summed E-state index contributed by atoms with van der Waals surface area (Å²) in [7, 11) is 0. The number of nitrogens with one attached hydrogen (secondary N) is 1. The highest BCUT2D eigenvalue weighted by Gasteiger charge is 2.32. The lowest BCUT2D eigenvalue weighted by Crippen LogP contribution is -2.55. The minimum atomic E-state index is -1.69. The molecule has 1 aliphatic heterocycles. The summed E-state index contributed by atoms with van der Waals surface area (Å²) >= 11 is 0. The number of aliphatic hydroxyl groups excluding tert-OH is 5. The first-order valence-corrected chi connectivity index (χ1v) is 9.47. The number of nitrogens with zero attached hydrogens (tertiary/aromatic N) is 1. The molecule has 4 atom stereocenters. The molecule has 1 aliphatic rings. The average molecular weight is 430 g/mol. The highest BCUT2D eigenvalue weighted by molar-refractivity contribution is 5.88. The number of carbonyl (C=O) groups is 2. The molecule has 0 bridgehead atoms. The van der Waals surface area contributed by atoms with Crippen LogP contribution in [0.1, 0.15) is 15.9 Å². The number of benzene rings is 1. The highest BCUT2D eigenvalue weighted by Crippen LogP contribution is 2.18. The van der Waals surface area contributed by atoms with Crippen molar-refractivity contribution in [1.29, 1.82) is 0 Å². The number of hydrogen-bond donors (Lipinski definition) is 7. The van der Waals surface area contributed by atoms with Gasteiger partial charge in [-0.1, -0.05) is 6.07 Å². The molecule has 1 aromatic carbocycles. The predicted molar refractivity (Wildman–Crippen MR) is 101 cm³/mol. The van der Waals surface area contributed by atoms with Crippen LogP contribution in [0.2, 0.25) is 0 Å². The third kappa shape index (κ3) is 6.17. The van der Waals surface area contributed by atoms with Gasteiger partial charge in [0.05, 0.1) is 24.7 Å². The van der Waals surface area contributed by atoms with Crippen LogP contribution in [0.4, 0.5) is 4.39 Å². The summed E-state index contributed by atoms with van der Waals surface area (Å²) in [6.07, 6.45) is -6.43. The molecule has 0 aromatic heterocycles. The summed E-state index contributed by atoms with van der Waals surface area (Å²) in [5.74, 6) is -2.19. The van der Waals surface area contributed by atoms with Crippen molar-refractivity contribution in [2.75, 3.05) is 32.8 Å². The van der Waals surface area contributed by atoms with Gasteiger partial charge in [-0.25, -0.2) is 9.18 Å². The van der Waals surface area contributed by atoms with Crippen LogP contribution in [0, 0.1) is 11.7 Å². The first-order chi connectivity index (χ1) is 14.1. The molecule has 1 amide bonds. The Bertz CT molecular complexity index is 743. The van der Waals surface area contributed by atoms with Crippen LogP contribution >= 0.6 is 0 Å². The van der Waals surface area contributed by atoms with E-state index in [9.17, 15) is 34.4 Å². The molecule has 0 radical (unpaired) electrons. The fraction of sp³-hybridized carbons (Fsp3) is 0.579. The third-order valence-electron chi connectivity index (χ3n) is 5.06. The zero-order chi connectivity index (χ0) is 22.4. The number of aliphatic hydroxyl groups is 5. The predicted octanol–water partition coefficient (Wildman–Crippen LogP) is -2.45. The largest absolute Gasteiger partial charge is 0.478 e. The van der Waals surface area contributed by atoms with Gasteiger partial charge < -0.3 is 40.9 Å². The quantitative estimate of drug-likeness (QED) is 0.201. The molecule has 7 N–H and O–H groups in total. The molecule has 11 heteroatoms. The first kappa shape index (κ1) is 24.1. The van der Waals surface area contributed by atoms with Gasteiger partial charge in [-0.2, -0.15) is 0 Å². The number of amides is 1. The van der Waals surface area contributed by atoms with E-state index in [1.54, 1.807) is 0 Å². The van der Waals surface area contributed by atoms with Crippen molar-refractivity contribution in [3.05, 3.63) is 35.1 Å². The molecule has 1 heterocycles. The van der Waals surface area contributed by atoms with Crippen molar-refractivity contribution < 1.29 is 44.6 Å². The zero-order valence-corrected chi connectivity index (χ0v) is 16.2. The number of likely N-dealkylation sites (tertiary alicyclic amines) is 1. The molecule has 168 valence electrons. The van der Waals surface area contributed by atoms with Gasteiger partial charge in [-0.15, -0.1) is 0 Å². The van der Waals surface area contributed by atoms with Crippen molar-refractivity contribution in [3.63, 3.8) is 0 Å². The minimum Gasteiger partial charge on any atom is -0.478 e. The van der Waals surface area contributed by atoms with E-state index in [1.165, 1.54) is 17.0 Å². The van der Waals surface area contributed by atoms with Gasteiger partial charge >= 0.3 is 5.97 Å². The lowest BCUT2D eigenvalue weighted by atomic mass is 9.98. The lowest BCUT2D eigenvalue weighted by molar-refractivity contribution is -0.136. The van der Waals surface area contributed by atoms with Crippen LogP contribution in [-0.4, -0.2) is 105 Å². The Hall–Kier alpha value is -2.15. The van der Waals surface area contributed by atoms with Crippen LogP contribution in [0.3, 0.4) is 0 Å². The number of carbonyl (C=O) groups excluding carboxylic acids is 1. The summed E-state index contributed by atoms with van der Waals surface area (Å²) < 4.78 is 13.9. The average Bonchev–Trinajstić information content (AvgIpc) is 2.68. The smallest absolute Gasteiger partial charge is 0.335 e. The van der Waals surface area contributed by atoms with Gasteiger partial charge in [0.25, 0.3) is 0 Å². The molecule has 10 nitrogen and oxygen atoms in total. The maximum Gasteiger partial charge on any atom is 0.335 e. The summed E-state index contributed by atoms with van der Waals surface area (Å²) in [6.45, 7) is 0.448. The van der Waals surface area contributed by atoms with Gasteiger partial charge in [0, 0.05) is 32.1 Å². The monoisotopic (exact) mass is 430 g/mol. The van der Waals surface area contributed by atoms with Crippen molar-refractivity contribution in [3.8, 4) is 0 Å². The van der Waals surface area contributed by atoms with E-state index < -0.39 is 42.8 Å². The SMILES string of the molecule is O=C(O)c1ccc(CC(=O)N2CC(CNCC(O)C(O)C(O)C(O)CO)C2)c(F)c1. The second-order valence-corrected chi connectivity index (χ2v) is 7.41. The van der Waals surface area contributed by atoms with Gasteiger partial charge in [0.15, 0.2) is 0 Å². The van der Waals surface area contributed by atoms with Gasteiger partial charge in [0.1, 0.15) is 24.1 Å². The van der Waals surface area contributed by atoms with Crippen LogP contribution in [0.15, 0.2) is 18.2 Å². The van der Waals surface area contributed by atoms with Gasteiger partial charge in [0.2, 0.25) is 5.91 Å². The Balaban J connectivity index is 1.70. The Labute approximate surface area is 172 Å². The molecule has 0 spiro atoms. The number of carboxylic acids is 1. The topological polar surface area (TPSA) is 171 Å². The van der Waals surface area contributed by atoms with E-state index in [0.717, 1.165) is 6.07 Å². The molecular weight excluding hydrogens is 403 g/mol. The number of rotatable bonds is 11. The zero-order valence-electron chi connectivity index (χ0n) is 16.2. The van der Waals surface area contributed by atoms with Gasteiger partial charge in [-0.05, 0) is 17.7 Å². The van der Waals surface area contributed by atoms with Crippen LogP contribution < -0.4 is 5.32 Å². The van der Waals surface area contributed by atoms with Gasteiger partial charge in [-0.3, -0.25) is 4.79 Å². The summed E-state index contributed by atoms with van der Waals surface area (Å²) in [5.41, 5.74) is -0.0724. The Morgan fingerprint density at radius 3 is 2.33 bits per heavy atom. The molecule has 1 fully saturated rings. The van der Waals surface area contributed by atoms with E-state index in [0.29, 0.717) is 19.6 Å². The highest BCUT2D eigenvalue weighted by atomic mass is 19.1.